The lowest BCUT2D eigenvalue weighted by molar-refractivity contribution is -0.170. The van der Waals surface area contributed by atoms with Crippen LogP contribution in [0.25, 0.3) is 0 Å². The molecule has 2 bridgehead atoms. The molecule has 126 valence electrons. The first-order chi connectivity index (χ1) is 10.8. The highest BCUT2D eigenvalue weighted by molar-refractivity contribution is 9.10. The van der Waals surface area contributed by atoms with Gasteiger partial charge in [0.05, 0.1) is 0 Å². The van der Waals surface area contributed by atoms with Crippen molar-refractivity contribution in [1.82, 2.24) is 10.3 Å². The Kier molecular flexibility index (Phi) is 4.51. The Balaban J connectivity index is 1.81. The molecule has 0 aromatic carbocycles. The zero-order valence-corrected chi connectivity index (χ0v) is 15.4. The van der Waals surface area contributed by atoms with E-state index in [4.69, 9.17) is 9.47 Å². The van der Waals surface area contributed by atoms with Crippen LogP contribution < -0.4 is 5.32 Å². The van der Waals surface area contributed by atoms with Gasteiger partial charge in [-0.25, -0.2) is 4.79 Å². The number of esters is 1. The smallest absolute Gasteiger partial charge is 0.332 e. The third kappa shape index (κ3) is 3.44. The Morgan fingerprint density at radius 2 is 2.30 bits per heavy atom. The molecule has 1 saturated carbocycles. The number of nitrogens with zero attached hydrogens (tertiary/aromatic N) is 1. The second-order valence-corrected chi connectivity index (χ2v) is 8.24. The lowest BCUT2D eigenvalue weighted by atomic mass is 9.86. The molecule has 2 aliphatic rings. The van der Waals surface area contributed by atoms with Crippen LogP contribution in [0.5, 0.6) is 0 Å². The molecule has 5 nitrogen and oxygen atoms in total. The fourth-order valence-electron chi connectivity index (χ4n) is 3.70. The molecule has 0 radical (unpaired) electrons. The van der Waals surface area contributed by atoms with E-state index in [0.29, 0.717) is 5.92 Å². The fourth-order valence-corrected chi connectivity index (χ4v) is 4.29. The lowest BCUT2D eigenvalue weighted by Crippen LogP contribution is -2.49. The molecule has 2 fully saturated rings. The highest BCUT2D eigenvalue weighted by atomic mass is 79.9. The van der Waals surface area contributed by atoms with E-state index in [9.17, 15) is 4.79 Å². The first kappa shape index (κ1) is 16.9. The van der Waals surface area contributed by atoms with Crippen molar-refractivity contribution in [2.75, 3.05) is 13.2 Å². The summed E-state index contributed by atoms with van der Waals surface area (Å²) < 4.78 is 12.5. The number of piperidine rings is 1. The average Bonchev–Trinajstić information content (AvgIpc) is 3.05. The van der Waals surface area contributed by atoms with Crippen LogP contribution in [0.1, 0.15) is 39.2 Å². The monoisotopic (exact) mass is 382 g/mol. The van der Waals surface area contributed by atoms with Crippen LogP contribution in [0.2, 0.25) is 0 Å². The van der Waals surface area contributed by atoms with Crippen molar-refractivity contribution in [3.63, 3.8) is 0 Å². The van der Waals surface area contributed by atoms with Crippen molar-refractivity contribution in [3.05, 3.63) is 28.5 Å². The molecule has 1 saturated heterocycles. The molecule has 1 N–H and O–H groups in total. The average molecular weight is 383 g/mol. The van der Waals surface area contributed by atoms with Gasteiger partial charge in [0.15, 0.2) is 0 Å². The van der Waals surface area contributed by atoms with Gasteiger partial charge in [0.1, 0.15) is 17.8 Å². The minimum atomic E-state index is -0.502. The summed E-state index contributed by atoms with van der Waals surface area (Å²) in [5, 5.41) is 3.53. The molecule has 3 rings (SSSR count). The van der Waals surface area contributed by atoms with E-state index in [1.54, 1.807) is 12.4 Å². The molecule has 3 atom stereocenters. The molecule has 2 heterocycles. The minimum absolute atomic E-state index is 0.0447. The highest BCUT2D eigenvalue weighted by Crippen LogP contribution is 2.50. The minimum Gasteiger partial charge on any atom is -0.458 e. The normalized spacial score (nSPS) is 29.7. The van der Waals surface area contributed by atoms with E-state index in [1.807, 2.05) is 26.8 Å². The largest absolute Gasteiger partial charge is 0.458 e. The molecule has 1 aromatic rings. The highest BCUT2D eigenvalue weighted by Gasteiger charge is 2.54. The fraction of sp³-hybridized carbons (Fsp3) is 0.647. The predicted molar refractivity (Wildman–Crippen MR) is 89.9 cm³/mol. The number of rotatable bonds is 4. The summed E-state index contributed by atoms with van der Waals surface area (Å²) in [4.78, 5) is 16.2. The molecular formula is C17H23BrN2O3. The second kappa shape index (κ2) is 6.15. The lowest BCUT2D eigenvalue weighted by Gasteiger charge is -2.39. The second-order valence-electron chi connectivity index (χ2n) is 7.39. The first-order valence-corrected chi connectivity index (χ1v) is 8.79. The molecule has 6 heteroatoms. The van der Waals surface area contributed by atoms with Crippen LogP contribution in [0, 0.1) is 5.92 Å². The summed E-state index contributed by atoms with van der Waals surface area (Å²) in [6.45, 7) is 6.56. The Hall–Kier alpha value is -0.980. The molecule has 0 amide bonds. The summed E-state index contributed by atoms with van der Waals surface area (Å²) >= 11 is 3.58. The van der Waals surface area contributed by atoms with Crippen LogP contribution in [0.3, 0.4) is 0 Å². The number of fused-ring (bicyclic) bond motifs is 2. The van der Waals surface area contributed by atoms with Gasteiger partial charge in [-0.3, -0.25) is 4.98 Å². The van der Waals surface area contributed by atoms with Crippen LogP contribution in [-0.2, 0) is 19.9 Å². The quantitative estimate of drug-likeness (QED) is 0.811. The summed E-state index contributed by atoms with van der Waals surface area (Å²) in [5.74, 6) is 0.253. The zero-order valence-electron chi connectivity index (χ0n) is 13.8. The Morgan fingerprint density at radius 1 is 1.52 bits per heavy atom. The maximum absolute atomic E-state index is 12.1. The summed E-state index contributed by atoms with van der Waals surface area (Å²) in [6, 6.07) is 2.19. The number of ether oxygens (including phenoxy) is 2. The number of carbonyl (C=O) groups excluding carboxylic acids is 1. The molecule has 3 unspecified atom stereocenters. The van der Waals surface area contributed by atoms with Gasteiger partial charge in [0.25, 0.3) is 0 Å². The van der Waals surface area contributed by atoms with Crippen LogP contribution in [0.15, 0.2) is 22.9 Å². The molecule has 23 heavy (non-hydrogen) atoms. The van der Waals surface area contributed by atoms with E-state index < -0.39 is 11.2 Å². The third-order valence-electron chi connectivity index (χ3n) is 4.47. The van der Waals surface area contributed by atoms with E-state index >= 15 is 0 Å². The number of pyridine rings is 1. The van der Waals surface area contributed by atoms with Gasteiger partial charge in [-0.1, -0.05) is 0 Å². The summed E-state index contributed by atoms with van der Waals surface area (Å²) in [6.07, 6.45) is 5.53. The maximum Gasteiger partial charge on any atom is 0.332 e. The molecule has 1 aromatic heterocycles. The number of nitrogens with one attached hydrogen (secondary N) is 1. The third-order valence-corrected chi connectivity index (χ3v) is 5.10. The Labute approximate surface area is 145 Å². The summed E-state index contributed by atoms with van der Waals surface area (Å²) in [7, 11) is 0. The van der Waals surface area contributed by atoms with Crippen LogP contribution in [-0.4, -0.2) is 35.7 Å². The van der Waals surface area contributed by atoms with Gasteiger partial charge in [-0.15, -0.1) is 0 Å². The van der Waals surface area contributed by atoms with Gasteiger partial charge in [-0.2, -0.15) is 0 Å². The number of aromatic nitrogens is 1. The molecule has 1 aliphatic heterocycles. The number of carbonyl (C=O) groups is 1. The SMILES string of the molecule is CC(C)(C)OC(=O)COC1(c2ccncc2Br)CC2CNC1C2. The first-order valence-electron chi connectivity index (χ1n) is 7.99. The van der Waals surface area contributed by atoms with E-state index in [0.717, 1.165) is 29.4 Å². The number of hydrogen-bond acceptors (Lipinski definition) is 5. The predicted octanol–water partition coefficient (Wildman–Crippen LogP) is 2.78. The standard InChI is InChI=1S/C17H23BrN2O3/c1-16(2,3)23-15(21)10-22-17(7-11-6-14(17)20-8-11)12-4-5-19-9-13(12)18/h4-5,9,11,14,20H,6-8,10H2,1-3H3. The molecule has 0 spiro atoms. The zero-order chi connectivity index (χ0) is 16.7. The number of hydrogen-bond donors (Lipinski definition) is 1. The van der Waals surface area contributed by atoms with Crippen molar-refractivity contribution >= 4 is 21.9 Å². The van der Waals surface area contributed by atoms with Crippen molar-refractivity contribution in [3.8, 4) is 0 Å². The molecule has 1 aliphatic carbocycles. The van der Waals surface area contributed by atoms with Gasteiger partial charge < -0.3 is 14.8 Å². The van der Waals surface area contributed by atoms with Gasteiger partial charge in [-0.05, 0) is 68.1 Å². The molecular weight excluding hydrogens is 360 g/mol. The van der Waals surface area contributed by atoms with E-state index in [2.05, 4.69) is 26.2 Å². The van der Waals surface area contributed by atoms with Crippen molar-refractivity contribution in [2.45, 2.75) is 50.9 Å². The van der Waals surface area contributed by atoms with Gasteiger partial charge in [0, 0.05) is 28.5 Å². The van der Waals surface area contributed by atoms with E-state index in [-0.39, 0.29) is 18.6 Å². The maximum atomic E-state index is 12.1. The Bertz CT molecular complexity index is 602. The van der Waals surface area contributed by atoms with Gasteiger partial charge in [0.2, 0.25) is 0 Å². The summed E-state index contributed by atoms with van der Waals surface area (Å²) in [5.41, 5.74) is 0.0510. The van der Waals surface area contributed by atoms with Crippen molar-refractivity contribution in [2.24, 2.45) is 5.92 Å². The Morgan fingerprint density at radius 3 is 2.87 bits per heavy atom. The van der Waals surface area contributed by atoms with Crippen LogP contribution >= 0.6 is 15.9 Å². The van der Waals surface area contributed by atoms with Crippen molar-refractivity contribution in [1.29, 1.82) is 0 Å². The van der Waals surface area contributed by atoms with Gasteiger partial charge >= 0.3 is 5.97 Å². The van der Waals surface area contributed by atoms with Crippen LogP contribution in [0.4, 0.5) is 0 Å². The van der Waals surface area contributed by atoms with E-state index in [1.165, 1.54) is 0 Å². The van der Waals surface area contributed by atoms with Crippen molar-refractivity contribution < 1.29 is 14.3 Å². The number of halogens is 1. The topological polar surface area (TPSA) is 60.5 Å².